The van der Waals surface area contributed by atoms with Gasteiger partial charge in [0.05, 0.1) is 6.04 Å². The van der Waals surface area contributed by atoms with Gasteiger partial charge in [0.2, 0.25) is 0 Å². The summed E-state index contributed by atoms with van der Waals surface area (Å²) >= 11 is 0. The molecule has 1 heterocycles. The second kappa shape index (κ2) is 5.02. The molecule has 0 radical (unpaired) electrons. The molecule has 0 spiro atoms. The van der Waals surface area contributed by atoms with Gasteiger partial charge < -0.3 is 10.7 Å². The van der Waals surface area contributed by atoms with Gasteiger partial charge in [0.25, 0.3) is 0 Å². The van der Waals surface area contributed by atoms with Crippen molar-refractivity contribution in [2.45, 2.75) is 6.04 Å². The molecule has 102 valence electrons. The van der Waals surface area contributed by atoms with Gasteiger partial charge >= 0.3 is 0 Å². The van der Waals surface area contributed by atoms with Crippen LogP contribution in [0.5, 0.6) is 0 Å². The largest absolute Gasteiger partial charge is 0.399 e. The highest BCUT2D eigenvalue weighted by Gasteiger charge is 2.20. The third kappa shape index (κ3) is 2.17. The minimum absolute atomic E-state index is 0.189. The highest BCUT2D eigenvalue weighted by atomic mass is 15.1. The average molecular weight is 265 g/mol. The highest BCUT2D eigenvalue weighted by molar-refractivity contribution is 5.84. The van der Waals surface area contributed by atoms with E-state index in [-0.39, 0.29) is 6.04 Å². The van der Waals surface area contributed by atoms with Crippen LogP contribution < -0.4 is 5.73 Å². The summed E-state index contributed by atoms with van der Waals surface area (Å²) in [5, 5.41) is 1.26. The second-order valence-electron chi connectivity index (χ2n) is 5.33. The number of rotatable bonds is 3. The number of nitrogens with one attached hydrogen (secondary N) is 1. The van der Waals surface area contributed by atoms with Gasteiger partial charge in [-0.25, -0.2) is 0 Å². The zero-order chi connectivity index (χ0) is 14.1. The molecule has 0 saturated carbocycles. The van der Waals surface area contributed by atoms with Crippen LogP contribution in [0.4, 0.5) is 5.69 Å². The fourth-order valence-electron chi connectivity index (χ4n) is 2.81. The quantitative estimate of drug-likeness (QED) is 0.713. The van der Waals surface area contributed by atoms with E-state index >= 15 is 0 Å². The summed E-state index contributed by atoms with van der Waals surface area (Å²) in [5.41, 5.74) is 10.4. The normalized spacial score (nSPS) is 12.9. The summed E-state index contributed by atoms with van der Waals surface area (Å²) in [4.78, 5) is 5.56. The third-order valence-electron chi connectivity index (χ3n) is 3.66. The number of hydrogen-bond acceptors (Lipinski definition) is 2. The van der Waals surface area contributed by atoms with Crippen LogP contribution in [0.25, 0.3) is 10.9 Å². The summed E-state index contributed by atoms with van der Waals surface area (Å²) in [6, 6.07) is 16.7. The first kappa shape index (κ1) is 12.8. The maximum absolute atomic E-state index is 5.94. The number of nitrogen functional groups attached to an aromatic ring is 1. The lowest BCUT2D eigenvalue weighted by Crippen LogP contribution is -2.21. The van der Waals surface area contributed by atoms with E-state index in [9.17, 15) is 0 Å². The molecule has 0 saturated heterocycles. The van der Waals surface area contributed by atoms with Crippen LogP contribution in [0.1, 0.15) is 17.2 Å². The number of fused-ring (bicyclic) bond motifs is 1. The molecule has 0 amide bonds. The molecule has 1 atom stereocenters. The summed E-state index contributed by atoms with van der Waals surface area (Å²) in [6.07, 6.45) is 2.10. The number of nitrogens with zero attached hydrogens (tertiary/aromatic N) is 1. The number of para-hydroxylation sites is 1. The highest BCUT2D eigenvalue weighted by Crippen LogP contribution is 2.32. The van der Waals surface area contributed by atoms with Crippen LogP contribution in [0.15, 0.2) is 54.7 Å². The van der Waals surface area contributed by atoms with Crippen molar-refractivity contribution in [2.75, 3.05) is 19.8 Å². The summed E-state index contributed by atoms with van der Waals surface area (Å²) in [6.45, 7) is 0. The van der Waals surface area contributed by atoms with Gasteiger partial charge in [-0.15, -0.1) is 0 Å². The Morgan fingerprint density at radius 3 is 2.60 bits per heavy atom. The van der Waals surface area contributed by atoms with Crippen molar-refractivity contribution in [3.63, 3.8) is 0 Å². The number of aromatic amines is 1. The van der Waals surface area contributed by atoms with Crippen molar-refractivity contribution in [3.05, 3.63) is 65.9 Å². The predicted octanol–water partition coefficient (Wildman–Crippen LogP) is 3.40. The van der Waals surface area contributed by atoms with Crippen molar-refractivity contribution in [2.24, 2.45) is 0 Å². The van der Waals surface area contributed by atoms with E-state index in [0.717, 1.165) is 5.69 Å². The minimum Gasteiger partial charge on any atom is -0.399 e. The molecule has 0 bridgehead atoms. The first-order valence-corrected chi connectivity index (χ1v) is 6.74. The number of nitrogens with two attached hydrogens (primary N) is 1. The van der Waals surface area contributed by atoms with Crippen molar-refractivity contribution in [1.29, 1.82) is 0 Å². The molecular weight excluding hydrogens is 246 g/mol. The van der Waals surface area contributed by atoms with Gasteiger partial charge in [0, 0.05) is 22.8 Å². The zero-order valence-electron chi connectivity index (χ0n) is 11.8. The fraction of sp³-hybridized carbons (Fsp3) is 0.176. The van der Waals surface area contributed by atoms with E-state index in [4.69, 9.17) is 5.73 Å². The maximum Gasteiger partial charge on any atom is 0.0618 e. The number of H-pyrrole nitrogens is 1. The topological polar surface area (TPSA) is 45.0 Å². The lowest BCUT2D eigenvalue weighted by Gasteiger charge is -2.25. The van der Waals surface area contributed by atoms with Crippen molar-refractivity contribution >= 4 is 16.6 Å². The van der Waals surface area contributed by atoms with Gasteiger partial charge in [-0.1, -0.05) is 30.3 Å². The molecule has 3 rings (SSSR count). The molecule has 3 heteroatoms. The number of hydrogen-bond donors (Lipinski definition) is 2. The van der Waals surface area contributed by atoms with Crippen LogP contribution >= 0.6 is 0 Å². The number of aromatic nitrogens is 1. The van der Waals surface area contributed by atoms with Crippen LogP contribution in [-0.2, 0) is 0 Å². The van der Waals surface area contributed by atoms with Gasteiger partial charge in [-0.3, -0.25) is 4.90 Å². The lowest BCUT2D eigenvalue weighted by atomic mass is 9.97. The number of benzene rings is 2. The van der Waals surface area contributed by atoms with Gasteiger partial charge in [-0.05, 0) is 43.4 Å². The summed E-state index contributed by atoms with van der Waals surface area (Å²) in [7, 11) is 4.19. The van der Waals surface area contributed by atoms with Crippen molar-refractivity contribution in [3.8, 4) is 0 Å². The molecule has 0 aliphatic carbocycles. The molecule has 0 aliphatic heterocycles. The molecule has 1 unspecified atom stereocenters. The predicted molar refractivity (Wildman–Crippen MR) is 84.7 cm³/mol. The Morgan fingerprint density at radius 1 is 1.05 bits per heavy atom. The Balaban J connectivity index is 2.16. The van der Waals surface area contributed by atoms with E-state index in [0.29, 0.717) is 0 Å². The van der Waals surface area contributed by atoms with E-state index in [2.05, 4.69) is 54.4 Å². The standard InChI is InChI=1S/C17H19N3/c1-20(2)17(12-6-5-7-13(18)10-12)15-11-19-16-9-4-3-8-14(15)16/h3-11,17,19H,18H2,1-2H3. The van der Waals surface area contributed by atoms with Gasteiger partial charge in [-0.2, -0.15) is 0 Å². The van der Waals surface area contributed by atoms with Crippen molar-refractivity contribution < 1.29 is 0 Å². The second-order valence-corrected chi connectivity index (χ2v) is 5.33. The van der Waals surface area contributed by atoms with Crippen LogP contribution in [0.3, 0.4) is 0 Å². The minimum atomic E-state index is 0.189. The molecule has 2 aromatic carbocycles. The Hall–Kier alpha value is -2.26. The zero-order valence-corrected chi connectivity index (χ0v) is 11.8. The van der Waals surface area contributed by atoms with E-state index in [1.165, 1.54) is 22.0 Å². The van der Waals surface area contributed by atoms with Gasteiger partial charge in [0.1, 0.15) is 0 Å². The Bertz CT molecular complexity index is 728. The van der Waals surface area contributed by atoms with Crippen LogP contribution in [0, 0.1) is 0 Å². The first-order valence-electron chi connectivity index (χ1n) is 6.74. The summed E-state index contributed by atoms with van der Waals surface area (Å²) < 4.78 is 0. The molecule has 3 nitrogen and oxygen atoms in total. The Kier molecular flexibility index (Phi) is 3.20. The number of anilines is 1. The Morgan fingerprint density at radius 2 is 1.85 bits per heavy atom. The molecule has 0 fully saturated rings. The van der Waals surface area contributed by atoms with Crippen molar-refractivity contribution in [1.82, 2.24) is 9.88 Å². The molecule has 0 aliphatic rings. The maximum atomic E-state index is 5.94. The first-order chi connectivity index (χ1) is 9.66. The smallest absolute Gasteiger partial charge is 0.0618 e. The van der Waals surface area contributed by atoms with E-state index < -0.39 is 0 Å². The molecule has 3 N–H and O–H groups in total. The average Bonchev–Trinajstić information content (AvgIpc) is 2.83. The van der Waals surface area contributed by atoms with Crippen LogP contribution in [-0.4, -0.2) is 24.0 Å². The molecule has 1 aromatic heterocycles. The SMILES string of the molecule is CN(C)C(c1cccc(N)c1)c1c[nH]c2ccccc12. The van der Waals surface area contributed by atoms with Crippen LogP contribution in [0.2, 0.25) is 0 Å². The molecule has 20 heavy (non-hydrogen) atoms. The molecule has 3 aromatic rings. The monoisotopic (exact) mass is 265 g/mol. The third-order valence-corrected chi connectivity index (χ3v) is 3.66. The van der Waals surface area contributed by atoms with E-state index in [1.54, 1.807) is 0 Å². The lowest BCUT2D eigenvalue weighted by molar-refractivity contribution is 0.344. The van der Waals surface area contributed by atoms with Gasteiger partial charge in [0.15, 0.2) is 0 Å². The fourth-order valence-corrected chi connectivity index (χ4v) is 2.81. The molecular formula is C17H19N3. The Labute approximate surface area is 119 Å². The van der Waals surface area contributed by atoms with E-state index in [1.807, 2.05) is 24.3 Å². The summed E-state index contributed by atoms with van der Waals surface area (Å²) in [5.74, 6) is 0.